The molecule has 0 radical (unpaired) electrons. The number of rotatable bonds is 5. The molecule has 1 aromatic heterocycles. The van der Waals surface area contributed by atoms with Gasteiger partial charge >= 0.3 is 0 Å². The first-order valence-electron chi connectivity index (χ1n) is 5.22. The Morgan fingerprint density at radius 1 is 1.57 bits per heavy atom. The van der Waals surface area contributed by atoms with Gasteiger partial charge in [0.05, 0.1) is 11.7 Å². The molecule has 0 bridgehead atoms. The summed E-state index contributed by atoms with van der Waals surface area (Å²) in [5, 5.41) is 4.24. The van der Waals surface area contributed by atoms with Gasteiger partial charge in [-0.3, -0.25) is 16.0 Å². The average molecular weight is 196 g/mol. The SMILES string of the molecule is CCC(C)C(NN)c1ccnn1CC. The van der Waals surface area contributed by atoms with Gasteiger partial charge in [-0.2, -0.15) is 5.10 Å². The standard InChI is InChI=1S/C10H20N4/c1-4-8(3)10(13-11)9-6-7-12-14(9)5-2/h6-8,10,13H,4-5,11H2,1-3H3. The molecule has 0 amide bonds. The minimum Gasteiger partial charge on any atom is -0.271 e. The lowest BCUT2D eigenvalue weighted by molar-refractivity contribution is 0.359. The summed E-state index contributed by atoms with van der Waals surface area (Å²) >= 11 is 0. The highest BCUT2D eigenvalue weighted by Crippen LogP contribution is 2.22. The molecule has 0 aliphatic rings. The van der Waals surface area contributed by atoms with Crippen LogP contribution in [-0.4, -0.2) is 9.78 Å². The average Bonchev–Trinajstić information content (AvgIpc) is 2.66. The second kappa shape index (κ2) is 5.12. The quantitative estimate of drug-likeness (QED) is 0.553. The molecule has 0 saturated heterocycles. The zero-order chi connectivity index (χ0) is 10.6. The van der Waals surface area contributed by atoms with Gasteiger partial charge in [0.2, 0.25) is 0 Å². The number of hydrogen-bond donors (Lipinski definition) is 2. The van der Waals surface area contributed by atoms with Crippen molar-refractivity contribution in [2.75, 3.05) is 0 Å². The highest BCUT2D eigenvalue weighted by atomic mass is 15.3. The third-order valence-corrected chi connectivity index (χ3v) is 2.76. The lowest BCUT2D eigenvalue weighted by Crippen LogP contribution is -2.34. The first-order chi connectivity index (χ1) is 6.74. The fraction of sp³-hybridized carbons (Fsp3) is 0.700. The topological polar surface area (TPSA) is 55.9 Å². The van der Waals surface area contributed by atoms with Crippen LogP contribution in [0.3, 0.4) is 0 Å². The van der Waals surface area contributed by atoms with E-state index in [1.165, 1.54) is 5.69 Å². The molecule has 80 valence electrons. The molecule has 1 aromatic rings. The molecule has 2 atom stereocenters. The molecule has 4 nitrogen and oxygen atoms in total. The summed E-state index contributed by atoms with van der Waals surface area (Å²) in [6.45, 7) is 7.33. The Morgan fingerprint density at radius 3 is 2.79 bits per heavy atom. The second-order valence-corrected chi connectivity index (χ2v) is 3.60. The maximum Gasteiger partial charge on any atom is 0.0654 e. The summed E-state index contributed by atoms with van der Waals surface area (Å²) < 4.78 is 1.98. The molecule has 0 fully saturated rings. The van der Waals surface area contributed by atoms with E-state index in [1.54, 1.807) is 0 Å². The Hall–Kier alpha value is -0.870. The van der Waals surface area contributed by atoms with Crippen molar-refractivity contribution in [3.63, 3.8) is 0 Å². The first-order valence-corrected chi connectivity index (χ1v) is 5.22. The van der Waals surface area contributed by atoms with Crippen LogP contribution in [0.4, 0.5) is 0 Å². The Balaban J connectivity index is 2.88. The summed E-state index contributed by atoms with van der Waals surface area (Å²) in [4.78, 5) is 0. The van der Waals surface area contributed by atoms with Gasteiger partial charge in [0.25, 0.3) is 0 Å². The van der Waals surface area contributed by atoms with E-state index in [1.807, 2.05) is 16.9 Å². The third-order valence-electron chi connectivity index (χ3n) is 2.76. The molecule has 0 spiro atoms. The fourth-order valence-corrected chi connectivity index (χ4v) is 1.65. The van der Waals surface area contributed by atoms with Crippen molar-refractivity contribution >= 4 is 0 Å². The molecule has 3 N–H and O–H groups in total. The zero-order valence-corrected chi connectivity index (χ0v) is 9.20. The molecule has 1 rings (SSSR count). The van der Waals surface area contributed by atoms with Crippen LogP contribution in [0.25, 0.3) is 0 Å². The summed E-state index contributed by atoms with van der Waals surface area (Å²) in [6, 6.07) is 2.22. The molecule has 0 aliphatic heterocycles. The van der Waals surface area contributed by atoms with Crippen molar-refractivity contribution in [3.8, 4) is 0 Å². The predicted octanol–water partition coefficient (Wildman–Crippen LogP) is 1.45. The summed E-state index contributed by atoms with van der Waals surface area (Å²) in [6.07, 6.45) is 2.93. The highest BCUT2D eigenvalue weighted by Gasteiger charge is 2.19. The number of hydrazine groups is 1. The first kappa shape index (κ1) is 11.2. The number of nitrogens with one attached hydrogen (secondary N) is 1. The van der Waals surface area contributed by atoms with E-state index in [4.69, 9.17) is 5.84 Å². The van der Waals surface area contributed by atoms with Gasteiger partial charge in [0.1, 0.15) is 0 Å². The molecule has 0 saturated carbocycles. The lowest BCUT2D eigenvalue weighted by Gasteiger charge is -2.22. The van der Waals surface area contributed by atoms with Crippen LogP contribution in [-0.2, 0) is 6.54 Å². The molecule has 14 heavy (non-hydrogen) atoms. The van der Waals surface area contributed by atoms with Gasteiger partial charge in [-0.05, 0) is 18.9 Å². The maximum atomic E-state index is 5.57. The third kappa shape index (κ3) is 2.13. The Morgan fingerprint density at radius 2 is 2.29 bits per heavy atom. The van der Waals surface area contributed by atoms with E-state index >= 15 is 0 Å². The summed E-state index contributed by atoms with van der Waals surface area (Å²) in [5.74, 6) is 6.09. The summed E-state index contributed by atoms with van der Waals surface area (Å²) in [5.41, 5.74) is 4.04. The van der Waals surface area contributed by atoms with E-state index in [-0.39, 0.29) is 6.04 Å². The van der Waals surface area contributed by atoms with Crippen LogP contribution in [0.15, 0.2) is 12.3 Å². The molecular weight excluding hydrogens is 176 g/mol. The Bertz CT molecular complexity index is 269. The largest absolute Gasteiger partial charge is 0.271 e. The molecule has 0 aliphatic carbocycles. The Kier molecular flexibility index (Phi) is 4.10. The van der Waals surface area contributed by atoms with Crippen LogP contribution in [0.5, 0.6) is 0 Å². The van der Waals surface area contributed by atoms with E-state index in [9.17, 15) is 0 Å². The van der Waals surface area contributed by atoms with Crippen LogP contribution in [0.2, 0.25) is 0 Å². The minimum atomic E-state index is 0.197. The van der Waals surface area contributed by atoms with Crippen molar-refractivity contribution in [2.45, 2.75) is 39.8 Å². The van der Waals surface area contributed by atoms with Crippen molar-refractivity contribution in [3.05, 3.63) is 18.0 Å². The Labute approximate surface area is 85.5 Å². The molecule has 0 aromatic carbocycles. The highest BCUT2D eigenvalue weighted by molar-refractivity contribution is 5.07. The van der Waals surface area contributed by atoms with Crippen molar-refractivity contribution in [2.24, 2.45) is 11.8 Å². The van der Waals surface area contributed by atoms with E-state index < -0.39 is 0 Å². The number of nitrogens with two attached hydrogens (primary N) is 1. The van der Waals surface area contributed by atoms with E-state index in [0.717, 1.165) is 13.0 Å². The second-order valence-electron chi connectivity index (χ2n) is 3.60. The van der Waals surface area contributed by atoms with Gasteiger partial charge in [-0.15, -0.1) is 0 Å². The van der Waals surface area contributed by atoms with Gasteiger partial charge in [-0.25, -0.2) is 0 Å². The van der Waals surface area contributed by atoms with Crippen LogP contribution in [0, 0.1) is 5.92 Å². The number of hydrogen-bond acceptors (Lipinski definition) is 3. The van der Waals surface area contributed by atoms with Crippen molar-refractivity contribution in [1.82, 2.24) is 15.2 Å². The van der Waals surface area contributed by atoms with Crippen LogP contribution in [0.1, 0.15) is 38.9 Å². The number of nitrogens with zero attached hydrogens (tertiary/aromatic N) is 2. The lowest BCUT2D eigenvalue weighted by atomic mass is 9.97. The molecule has 4 heteroatoms. The zero-order valence-electron chi connectivity index (χ0n) is 9.20. The fourth-order valence-electron chi connectivity index (χ4n) is 1.65. The van der Waals surface area contributed by atoms with Gasteiger partial charge < -0.3 is 0 Å². The van der Waals surface area contributed by atoms with Crippen LogP contribution >= 0.6 is 0 Å². The normalized spacial score (nSPS) is 15.4. The maximum absolute atomic E-state index is 5.57. The van der Waals surface area contributed by atoms with E-state index in [0.29, 0.717) is 5.92 Å². The van der Waals surface area contributed by atoms with Gasteiger partial charge in [-0.1, -0.05) is 20.3 Å². The summed E-state index contributed by atoms with van der Waals surface area (Å²) in [7, 11) is 0. The van der Waals surface area contributed by atoms with Crippen molar-refractivity contribution in [1.29, 1.82) is 0 Å². The van der Waals surface area contributed by atoms with Crippen LogP contribution < -0.4 is 11.3 Å². The molecular formula is C10H20N4. The number of aromatic nitrogens is 2. The molecule has 1 heterocycles. The number of aryl methyl sites for hydroxylation is 1. The predicted molar refractivity (Wildman–Crippen MR) is 57.4 cm³/mol. The van der Waals surface area contributed by atoms with Gasteiger partial charge in [0.15, 0.2) is 0 Å². The smallest absolute Gasteiger partial charge is 0.0654 e. The van der Waals surface area contributed by atoms with Crippen molar-refractivity contribution < 1.29 is 0 Å². The van der Waals surface area contributed by atoms with Gasteiger partial charge in [0, 0.05) is 12.7 Å². The molecule has 2 unspecified atom stereocenters. The van der Waals surface area contributed by atoms with E-state index in [2.05, 4.69) is 31.3 Å². The monoisotopic (exact) mass is 196 g/mol. The minimum absolute atomic E-state index is 0.197.